The topological polar surface area (TPSA) is 44.5 Å². The highest BCUT2D eigenvalue weighted by atomic mass is 16.7. The monoisotopic (exact) mass is 271 g/mol. The van der Waals surface area contributed by atoms with E-state index in [0.717, 1.165) is 11.0 Å². The second-order valence-electron chi connectivity index (χ2n) is 6.07. The average molecular weight is 271 g/mol. The Bertz CT molecular complexity index is 659. The van der Waals surface area contributed by atoms with Gasteiger partial charge in [0.15, 0.2) is 5.58 Å². The van der Waals surface area contributed by atoms with Crippen molar-refractivity contribution < 1.29 is 13.7 Å². The molecule has 0 N–H and O–H groups in total. The van der Waals surface area contributed by atoms with Gasteiger partial charge >= 0.3 is 7.12 Å². The van der Waals surface area contributed by atoms with E-state index >= 15 is 0 Å². The van der Waals surface area contributed by atoms with Crippen LogP contribution in [0.25, 0.3) is 17.2 Å². The van der Waals surface area contributed by atoms with E-state index in [4.69, 9.17) is 13.7 Å². The molecule has 0 amide bonds. The molecule has 4 nitrogen and oxygen atoms in total. The van der Waals surface area contributed by atoms with Crippen LogP contribution in [0.5, 0.6) is 0 Å². The lowest BCUT2D eigenvalue weighted by Crippen LogP contribution is -2.41. The molecule has 0 saturated carbocycles. The van der Waals surface area contributed by atoms with Crippen molar-refractivity contribution in [1.29, 1.82) is 0 Å². The summed E-state index contributed by atoms with van der Waals surface area (Å²) in [5, 5.41) is 0. The SMILES string of the molecule is C=Cc1nc2ccc(B3OC(C)(C)C(C)(C)O3)cc2o1. The van der Waals surface area contributed by atoms with Crippen molar-refractivity contribution in [2.45, 2.75) is 38.9 Å². The number of hydrogen-bond acceptors (Lipinski definition) is 4. The van der Waals surface area contributed by atoms with Gasteiger partial charge < -0.3 is 13.7 Å². The number of aromatic nitrogens is 1. The molecule has 2 heterocycles. The summed E-state index contributed by atoms with van der Waals surface area (Å²) < 4.78 is 17.6. The highest BCUT2D eigenvalue weighted by Crippen LogP contribution is 2.36. The molecule has 1 aliphatic rings. The Hall–Kier alpha value is -1.59. The van der Waals surface area contributed by atoms with Crippen molar-refractivity contribution in [2.75, 3.05) is 0 Å². The Morgan fingerprint density at radius 3 is 2.40 bits per heavy atom. The smallest absolute Gasteiger partial charge is 0.437 e. The molecule has 1 saturated heterocycles. The van der Waals surface area contributed by atoms with Gasteiger partial charge in [0.05, 0.1) is 11.2 Å². The summed E-state index contributed by atoms with van der Waals surface area (Å²) in [5.74, 6) is 0.520. The predicted octanol–water partition coefficient (Wildman–Crippen LogP) is 2.77. The molecule has 0 bridgehead atoms. The van der Waals surface area contributed by atoms with E-state index in [9.17, 15) is 0 Å². The van der Waals surface area contributed by atoms with Crippen LogP contribution in [-0.2, 0) is 9.31 Å². The van der Waals surface area contributed by atoms with Crippen molar-refractivity contribution in [3.8, 4) is 0 Å². The van der Waals surface area contributed by atoms with E-state index in [2.05, 4.69) is 11.6 Å². The number of fused-ring (bicyclic) bond motifs is 1. The Morgan fingerprint density at radius 1 is 1.15 bits per heavy atom. The largest absolute Gasteiger partial charge is 0.494 e. The number of rotatable bonds is 2. The van der Waals surface area contributed by atoms with Gasteiger partial charge in [-0.25, -0.2) is 4.98 Å². The molecule has 0 radical (unpaired) electrons. The number of nitrogens with zero attached hydrogens (tertiary/aromatic N) is 1. The first-order valence-electron chi connectivity index (χ1n) is 6.71. The highest BCUT2D eigenvalue weighted by molar-refractivity contribution is 6.62. The van der Waals surface area contributed by atoms with E-state index in [1.165, 1.54) is 0 Å². The molecule has 2 aromatic rings. The van der Waals surface area contributed by atoms with Crippen LogP contribution in [0.4, 0.5) is 0 Å². The first kappa shape index (κ1) is 13.4. The van der Waals surface area contributed by atoms with Gasteiger partial charge in [0.2, 0.25) is 5.89 Å². The van der Waals surface area contributed by atoms with E-state index in [-0.39, 0.29) is 18.3 Å². The minimum atomic E-state index is -0.387. The molecule has 0 unspecified atom stereocenters. The normalized spacial score (nSPS) is 20.5. The zero-order chi connectivity index (χ0) is 14.5. The molecule has 0 spiro atoms. The fourth-order valence-corrected chi connectivity index (χ4v) is 2.17. The molecular formula is C15H18BNO3. The zero-order valence-electron chi connectivity index (χ0n) is 12.3. The first-order valence-corrected chi connectivity index (χ1v) is 6.71. The van der Waals surface area contributed by atoms with Gasteiger partial charge in [-0.2, -0.15) is 0 Å². The molecule has 20 heavy (non-hydrogen) atoms. The third-order valence-electron chi connectivity index (χ3n) is 4.13. The first-order chi connectivity index (χ1) is 9.32. The Labute approximate surface area is 118 Å². The second kappa shape index (κ2) is 4.20. The summed E-state index contributed by atoms with van der Waals surface area (Å²) in [4.78, 5) is 4.29. The summed E-state index contributed by atoms with van der Waals surface area (Å²) in [7, 11) is -0.387. The van der Waals surface area contributed by atoms with Gasteiger partial charge in [0.1, 0.15) is 5.52 Å². The van der Waals surface area contributed by atoms with Gasteiger partial charge in [0.25, 0.3) is 0 Å². The lowest BCUT2D eigenvalue weighted by Gasteiger charge is -2.32. The molecule has 1 aromatic heterocycles. The summed E-state index contributed by atoms with van der Waals surface area (Å²) >= 11 is 0. The standard InChI is InChI=1S/C15H18BNO3/c1-6-13-17-11-8-7-10(9-12(11)18-13)16-19-14(2,3)15(4,5)20-16/h6-9H,1H2,2-5H3. The van der Waals surface area contributed by atoms with Crippen molar-refractivity contribution in [1.82, 2.24) is 4.98 Å². The molecule has 3 rings (SSSR count). The maximum atomic E-state index is 6.03. The predicted molar refractivity (Wildman–Crippen MR) is 79.8 cm³/mol. The van der Waals surface area contributed by atoms with Gasteiger partial charge in [-0.3, -0.25) is 0 Å². The number of benzene rings is 1. The summed E-state index contributed by atoms with van der Waals surface area (Å²) in [6, 6.07) is 5.78. The van der Waals surface area contributed by atoms with E-state index in [1.807, 2.05) is 45.9 Å². The van der Waals surface area contributed by atoms with Crippen LogP contribution < -0.4 is 5.46 Å². The second-order valence-corrected chi connectivity index (χ2v) is 6.07. The number of hydrogen-bond donors (Lipinski definition) is 0. The van der Waals surface area contributed by atoms with Crippen LogP contribution >= 0.6 is 0 Å². The fraction of sp³-hybridized carbons (Fsp3) is 0.400. The van der Waals surface area contributed by atoms with Crippen LogP contribution in [-0.4, -0.2) is 23.3 Å². The molecule has 0 atom stereocenters. The van der Waals surface area contributed by atoms with Gasteiger partial charge in [-0.1, -0.05) is 12.6 Å². The zero-order valence-corrected chi connectivity index (χ0v) is 12.3. The van der Waals surface area contributed by atoms with Crippen LogP contribution in [0.1, 0.15) is 33.6 Å². The number of oxazole rings is 1. The van der Waals surface area contributed by atoms with Crippen molar-refractivity contribution in [3.05, 3.63) is 30.7 Å². The molecule has 1 aromatic carbocycles. The Balaban J connectivity index is 1.97. The van der Waals surface area contributed by atoms with Gasteiger partial charge in [-0.05, 0) is 51.4 Å². The van der Waals surface area contributed by atoms with Gasteiger partial charge in [0, 0.05) is 0 Å². The maximum Gasteiger partial charge on any atom is 0.494 e. The summed E-state index contributed by atoms with van der Waals surface area (Å²) in [6.07, 6.45) is 1.59. The minimum absolute atomic E-state index is 0.347. The molecule has 5 heteroatoms. The average Bonchev–Trinajstić information content (AvgIpc) is 2.87. The van der Waals surface area contributed by atoms with Crippen LogP contribution in [0.15, 0.2) is 29.2 Å². The lowest BCUT2D eigenvalue weighted by atomic mass is 9.79. The lowest BCUT2D eigenvalue weighted by molar-refractivity contribution is 0.00578. The molecular weight excluding hydrogens is 253 g/mol. The molecule has 0 aliphatic carbocycles. The third kappa shape index (κ3) is 1.98. The Kier molecular flexibility index (Phi) is 2.82. The maximum absolute atomic E-state index is 6.03. The Morgan fingerprint density at radius 2 is 1.80 bits per heavy atom. The third-order valence-corrected chi connectivity index (χ3v) is 4.13. The fourth-order valence-electron chi connectivity index (χ4n) is 2.17. The molecule has 104 valence electrons. The quantitative estimate of drug-likeness (QED) is 0.788. The van der Waals surface area contributed by atoms with Crippen LogP contribution in [0, 0.1) is 0 Å². The van der Waals surface area contributed by atoms with Crippen molar-refractivity contribution in [3.63, 3.8) is 0 Å². The minimum Gasteiger partial charge on any atom is -0.437 e. The van der Waals surface area contributed by atoms with Gasteiger partial charge in [-0.15, -0.1) is 0 Å². The van der Waals surface area contributed by atoms with Crippen molar-refractivity contribution in [2.24, 2.45) is 0 Å². The molecule has 1 fully saturated rings. The van der Waals surface area contributed by atoms with Crippen LogP contribution in [0.2, 0.25) is 0 Å². The summed E-state index contributed by atoms with van der Waals surface area (Å²) in [5.41, 5.74) is 1.76. The van der Waals surface area contributed by atoms with E-state index in [0.29, 0.717) is 11.5 Å². The van der Waals surface area contributed by atoms with E-state index < -0.39 is 0 Å². The highest BCUT2D eigenvalue weighted by Gasteiger charge is 2.51. The van der Waals surface area contributed by atoms with Crippen LogP contribution in [0.3, 0.4) is 0 Å². The van der Waals surface area contributed by atoms with E-state index in [1.54, 1.807) is 6.08 Å². The molecule has 1 aliphatic heterocycles. The summed E-state index contributed by atoms with van der Waals surface area (Å²) in [6.45, 7) is 11.8. The van der Waals surface area contributed by atoms with Crippen molar-refractivity contribution >= 4 is 29.8 Å².